The van der Waals surface area contributed by atoms with E-state index in [1.165, 1.54) is 18.2 Å². The van der Waals surface area contributed by atoms with Crippen LogP contribution in [0.5, 0.6) is 0 Å². The molecule has 2 rings (SSSR count). The predicted molar refractivity (Wildman–Crippen MR) is 85.2 cm³/mol. The molecular formula is C14H14BrFN2O2S. The van der Waals surface area contributed by atoms with Gasteiger partial charge in [0, 0.05) is 10.2 Å². The number of nitrogens with one attached hydrogen (secondary N) is 1. The number of hydrogen-bond acceptors (Lipinski definition) is 3. The van der Waals surface area contributed by atoms with Crippen LogP contribution in [0.1, 0.15) is 11.1 Å². The van der Waals surface area contributed by atoms with E-state index in [-0.39, 0.29) is 10.6 Å². The highest BCUT2D eigenvalue weighted by Gasteiger charge is 2.19. The third-order valence-electron chi connectivity index (χ3n) is 3.03. The zero-order valence-corrected chi connectivity index (χ0v) is 13.8. The van der Waals surface area contributed by atoms with Crippen LogP contribution in [0.15, 0.2) is 39.7 Å². The van der Waals surface area contributed by atoms with Gasteiger partial charge >= 0.3 is 0 Å². The first-order chi connectivity index (χ1) is 9.70. The van der Waals surface area contributed by atoms with Gasteiger partial charge in [-0.05, 0) is 65.2 Å². The minimum absolute atomic E-state index is 0.0619. The Bertz CT molecular complexity index is 807. The molecule has 0 bridgehead atoms. The number of sulfonamides is 1. The van der Waals surface area contributed by atoms with Crippen LogP contribution in [0.25, 0.3) is 0 Å². The van der Waals surface area contributed by atoms with Crippen LogP contribution in [-0.4, -0.2) is 8.42 Å². The van der Waals surface area contributed by atoms with Crippen molar-refractivity contribution in [1.29, 1.82) is 0 Å². The quantitative estimate of drug-likeness (QED) is 0.808. The minimum atomic E-state index is -3.84. The lowest BCUT2D eigenvalue weighted by molar-refractivity contribution is 0.600. The molecule has 0 fully saturated rings. The van der Waals surface area contributed by atoms with Gasteiger partial charge in [-0.1, -0.05) is 6.07 Å². The van der Waals surface area contributed by atoms with Crippen LogP contribution in [0.3, 0.4) is 0 Å². The van der Waals surface area contributed by atoms with Gasteiger partial charge in [0.1, 0.15) is 5.82 Å². The minimum Gasteiger partial charge on any atom is -0.398 e. The van der Waals surface area contributed by atoms with Crippen molar-refractivity contribution in [3.05, 3.63) is 51.7 Å². The summed E-state index contributed by atoms with van der Waals surface area (Å²) in [6, 6.07) is 6.93. The smallest absolute Gasteiger partial charge is 0.262 e. The van der Waals surface area contributed by atoms with E-state index in [9.17, 15) is 12.8 Å². The van der Waals surface area contributed by atoms with Gasteiger partial charge in [0.25, 0.3) is 10.0 Å². The lowest BCUT2D eigenvalue weighted by atomic mass is 10.2. The molecule has 7 heteroatoms. The number of halogens is 2. The molecule has 0 atom stereocenters. The molecule has 2 aromatic rings. The topological polar surface area (TPSA) is 72.2 Å². The summed E-state index contributed by atoms with van der Waals surface area (Å²) in [6.07, 6.45) is 0. The molecule has 0 unspecified atom stereocenters. The molecule has 0 saturated carbocycles. The van der Waals surface area contributed by atoms with Gasteiger partial charge in [-0.25, -0.2) is 12.8 Å². The van der Waals surface area contributed by atoms with E-state index in [1.807, 2.05) is 0 Å². The lowest BCUT2D eigenvalue weighted by Gasteiger charge is -2.13. The Morgan fingerprint density at radius 1 is 1.14 bits per heavy atom. The fraction of sp³-hybridized carbons (Fsp3) is 0.143. The second kappa shape index (κ2) is 5.65. The molecule has 2 aromatic carbocycles. The van der Waals surface area contributed by atoms with Crippen molar-refractivity contribution < 1.29 is 12.8 Å². The maximum absolute atomic E-state index is 13.3. The maximum Gasteiger partial charge on any atom is 0.262 e. The van der Waals surface area contributed by atoms with E-state index in [4.69, 9.17) is 5.73 Å². The standard InChI is InChI=1S/C14H14BrFN2O2S/c1-8-3-4-10(16)6-13(8)18-21(19,20)14-7-12(17)11(15)5-9(14)2/h3-7,18H,17H2,1-2H3. The van der Waals surface area contributed by atoms with E-state index in [0.717, 1.165) is 6.07 Å². The Hall–Kier alpha value is -1.60. The fourth-order valence-electron chi connectivity index (χ4n) is 1.86. The Balaban J connectivity index is 2.48. The van der Waals surface area contributed by atoms with Crippen LogP contribution in [0.4, 0.5) is 15.8 Å². The maximum atomic E-state index is 13.3. The Morgan fingerprint density at radius 3 is 2.48 bits per heavy atom. The predicted octanol–water partition coefficient (Wildman–Crippen LogP) is 3.59. The molecule has 0 aromatic heterocycles. The first-order valence-corrected chi connectivity index (χ1v) is 8.33. The molecular weight excluding hydrogens is 359 g/mol. The second-order valence-corrected chi connectivity index (χ2v) is 7.21. The summed E-state index contributed by atoms with van der Waals surface area (Å²) in [5, 5.41) is 0. The molecule has 0 heterocycles. The molecule has 0 aliphatic rings. The van der Waals surface area contributed by atoms with Gasteiger partial charge in [-0.2, -0.15) is 0 Å². The number of aryl methyl sites for hydroxylation is 2. The fourth-order valence-corrected chi connectivity index (χ4v) is 3.70. The monoisotopic (exact) mass is 372 g/mol. The SMILES string of the molecule is Cc1ccc(F)cc1NS(=O)(=O)c1cc(N)c(Br)cc1C. The average molecular weight is 373 g/mol. The van der Waals surface area contributed by atoms with Gasteiger partial charge in [0.05, 0.1) is 10.6 Å². The molecule has 21 heavy (non-hydrogen) atoms. The summed E-state index contributed by atoms with van der Waals surface area (Å²) in [5.41, 5.74) is 7.42. The first kappa shape index (κ1) is 15.8. The van der Waals surface area contributed by atoms with Crippen molar-refractivity contribution in [1.82, 2.24) is 0 Å². The number of hydrogen-bond donors (Lipinski definition) is 2. The summed E-state index contributed by atoms with van der Waals surface area (Å²) >= 11 is 3.25. The molecule has 0 spiro atoms. The molecule has 0 aliphatic heterocycles. The molecule has 0 radical (unpaired) electrons. The van der Waals surface area contributed by atoms with Gasteiger partial charge < -0.3 is 5.73 Å². The van der Waals surface area contributed by atoms with Crippen LogP contribution in [0.2, 0.25) is 0 Å². The first-order valence-electron chi connectivity index (χ1n) is 6.05. The lowest BCUT2D eigenvalue weighted by Crippen LogP contribution is -2.15. The Labute approximate surface area is 131 Å². The second-order valence-electron chi connectivity index (χ2n) is 4.70. The zero-order chi connectivity index (χ0) is 15.8. The van der Waals surface area contributed by atoms with Crippen molar-refractivity contribution in [3.8, 4) is 0 Å². The molecule has 112 valence electrons. The van der Waals surface area contributed by atoms with E-state index < -0.39 is 15.8 Å². The van der Waals surface area contributed by atoms with Crippen LogP contribution < -0.4 is 10.5 Å². The summed E-state index contributed by atoms with van der Waals surface area (Å²) in [6.45, 7) is 3.36. The summed E-state index contributed by atoms with van der Waals surface area (Å²) in [5.74, 6) is -0.509. The van der Waals surface area contributed by atoms with Crippen molar-refractivity contribution in [2.24, 2.45) is 0 Å². The largest absolute Gasteiger partial charge is 0.398 e. The van der Waals surface area contributed by atoms with Gasteiger partial charge in [0.15, 0.2) is 0 Å². The Morgan fingerprint density at radius 2 is 1.81 bits per heavy atom. The number of anilines is 2. The average Bonchev–Trinajstić information content (AvgIpc) is 2.37. The molecule has 3 N–H and O–H groups in total. The van der Waals surface area contributed by atoms with E-state index in [1.54, 1.807) is 19.9 Å². The van der Waals surface area contributed by atoms with E-state index in [2.05, 4.69) is 20.7 Å². The zero-order valence-electron chi connectivity index (χ0n) is 11.4. The van der Waals surface area contributed by atoms with Crippen LogP contribution in [-0.2, 0) is 10.0 Å². The van der Waals surface area contributed by atoms with Crippen molar-refractivity contribution in [2.45, 2.75) is 18.7 Å². The number of nitrogens with two attached hydrogens (primary N) is 1. The summed E-state index contributed by atoms with van der Waals surface area (Å²) in [4.78, 5) is 0.0619. The van der Waals surface area contributed by atoms with Crippen LogP contribution >= 0.6 is 15.9 Å². The van der Waals surface area contributed by atoms with E-state index in [0.29, 0.717) is 21.3 Å². The number of nitrogen functional groups attached to an aromatic ring is 1. The van der Waals surface area contributed by atoms with Crippen LogP contribution in [0, 0.1) is 19.7 Å². The van der Waals surface area contributed by atoms with Gasteiger partial charge in [-0.3, -0.25) is 4.72 Å². The normalized spacial score (nSPS) is 11.4. The van der Waals surface area contributed by atoms with Crippen molar-refractivity contribution in [2.75, 3.05) is 10.5 Å². The number of rotatable bonds is 3. The molecule has 0 amide bonds. The highest BCUT2D eigenvalue weighted by atomic mass is 79.9. The third-order valence-corrected chi connectivity index (χ3v) is 5.22. The summed E-state index contributed by atoms with van der Waals surface area (Å²) < 4.78 is 41.2. The Kier molecular flexibility index (Phi) is 4.25. The van der Waals surface area contributed by atoms with E-state index >= 15 is 0 Å². The number of benzene rings is 2. The van der Waals surface area contributed by atoms with Gasteiger partial charge in [-0.15, -0.1) is 0 Å². The van der Waals surface area contributed by atoms with Gasteiger partial charge in [0.2, 0.25) is 0 Å². The molecule has 0 aliphatic carbocycles. The molecule has 4 nitrogen and oxygen atoms in total. The highest BCUT2D eigenvalue weighted by molar-refractivity contribution is 9.10. The van der Waals surface area contributed by atoms with Crippen molar-refractivity contribution in [3.63, 3.8) is 0 Å². The molecule has 0 saturated heterocycles. The highest BCUT2D eigenvalue weighted by Crippen LogP contribution is 2.28. The summed E-state index contributed by atoms with van der Waals surface area (Å²) in [7, 11) is -3.84. The third kappa shape index (κ3) is 3.36. The van der Waals surface area contributed by atoms with Crippen molar-refractivity contribution >= 4 is 37.3 Å².